The largest absolute Gasteiger partial charge is 0.393 e. The number of benzene rings is 1. The predicted molar refractivity (Wildman–Crippen MR) is 66.8 cm³/mol. The number of amides is 2. The summed E-state index contributed by atoms with van der Waals surface area (Å²) in [5.41, 5.74) is -0.607. The number of halogens is 3. The second-order valence-corrected chi connectivity index (χ2v) is 4.70. The molecule has 0 saturated carbocycles. The molecule has 0 aliphatic carbocycles. The quantitative estimate of drug-likeness (QED) is 0.601. The lowest BCUT2D eigenvalue weighted by molar-refractivity contribution is -0.144. The summed E-state index contributed by atoms with van der Waals surface area (Å²) >= 11 is 0. The van der Waals surface area contributed by atoms with Gasteiger partial charge in [0.2, 0.25) is 0 Å². The molecule has 1 saturated heterocycles. The Morgan fingerprint density at radius 3 is 2.38 bits per heavy atom. The Hall–Kier alpha value is -2.09. The second kappa shape index (κ2) is 6.13. The molecule has 1 aliphatic rings. The first kappa shape index (κ1) is 15.3. The lowest BCUT2D eigenvalue weighted by atomic mass is 10.1. The van der Waals surface area contributed by atoms with Crippen LogP contribution in [0.15, 0.2) is 12.1 Å². The highest BCUT2D eigenvalue weighted by molar-refractivity contribution is 6.39. The first-order chi connectivity index (χ1) is 9.90. The van der Waals surface area contributed by atoms with Crippen LogP contribution in [0.1, 0.15) is 12.8 Å². The molecule has 0 aromatic heterocycles. The number of nitrogens with zero attached hydrogens (tertiary/aromatic N) is 1. The summed E-state index contributed by atoms with van der Waals surface area (Å²) in [4.78, 5) is 24.7. The zero-order valence-corrected chi connectivity index (χ0v) is 10.9. The van der Waals surface area contributed by atoms with E-state index in [1.165, 1.54) is 4.90 Å². The van der Waals surface area contributed by atoms with Gasteiger partial charge in [0.1, 0.15) is 0 Å². The Morgan fingerprint density at radius 2 is 1.76 bits per heavy atom. The number of aliphatic hydroxyl groups is 1. The van der Waals surface area contributed by atoms with Crippen molar-refractivity contribution in [2.75, 3.05) is 18.4 Å². The van der Waals surface area contributed by atoms with Crippen molar-refractivity contribution in [3.8, 4) is 0 Å². The molecule has 1 heterocycles. The number of hydrogen-bond acceptors (Lipinski definition) is 3. The number of carbonyl (C=O) groups excluding carboxylic acids is 2. The molecule has 0 bridgehead atoms. The van der Waals surface area contributed by atoms with Crippen molar-refractivity contribution < 1.29 is 27.9 Å². The number of nitrogens with one attached hydrogen (secondary N) is 1. The summed E-state index contributed by atoms with van der Waals surface area (Å²) < 4.78 is 39.2. The molecule has 0 spiro atoms. The SMILES string of the molecule is O=C(Nc1ccc(F)c(F)c1F)C(=O)N1CCC(O)CC1. The van der Waals surface area contributed by atoms with E-state index in [0.29, 0.717) is 18.9 Å². The molecule has 0 unspecified atom stereocenters. The minimum Gasteiger partial charge on any atom is -0.393 e. The van der Waals surface area contributed by atoms with E-state index in [1.807, 2.05) is 5.32 Å². The average molecular weight is 302 g/mol. The van der Waals surface area contributed by atoms with Crippen LogP contribution in [0.3, 0.4) is 0 Å². The van der Waals surface area contributed by atoms with Crippen LogP contribution in [0.25, 0.3) is 0 Å². The minimum atomic E-state index is -1.72. The van der Waals surface area contributed by atoms with Crippen LogP contribution in [0, 0.1) is 17.5 Å². The van der Waals surface area contributed by atoms with Gasteiger partial charge in [-0.25, -0.2) is 13.2 Å². The molecule has 2 N–H and O–H groups in total. The highest BCUT2D eigenvalue weighted by Crippen LogP contribution is 2.20. The molecule has 1 aromatic rings. The van der Waals surface area contributed by atoms with Crippen LogP contribution < -0.4 is 5.32 Å². The van der Waals surface area contributed by atoms with Crippen molar-refractivity contribution >= 4 is 17.5 Å². The van der Waals surface area contributed by atoms with E-state index in [0.717, 1.165) is 6.07 Å². The van der Waals surface area contributed by atoms with Gasteiger partial charge in [-0.3, -0.25) is 9.59 Å². The van der Waals surface area contributed by atoms with Crippen molar-refractivity contribution in [1.29, 1.82) is 0 Å². The van der Waals surface area contributed by atoms with Gasteiger partial charge in [-0.2, -0.15) is 0 Å². The first-order valence-corrected chi connectivity index (χ1v) is 6.32. The zero-order chi connectivity index (χ0) is 15.6. The molecular formula is C13H13F3N2O3. The van der Waals surface area contributed by atoms with Crippen molar-refractivity contribution in [3.63, 3.8) is 0 Å². The van der Waals surface area contributed by atoms with Crippen LogP contribution in [0.4, 0.5) is 18.9 Å². The van der Waals surface area contributed by atoms with Gasteiger partial charge in [0, 0.05) is 13.1 Å². The maximum absolute atomic E-state index is 13.4. The molecular weight excluding hydrogens is 289 g/mol. The Balaban J connectivity index is 2.04. The fraction of sp³-hybridized carbons (Fsp3) is 0.385. The smallest absolute Gasteiger partial charge is 0.313 e. The third-order valence-corrected chi connectivity index (χ3v) is 3.23. The highest BCUT2D eigenvalue weighted by Gasteiger charge is 2.27. The van der Waals surface area contributed by atoms with Crippen LogP contribution in [-0.4, -0.2) is 41.0 Å². The van der Waals surface area contributed by atoms with Crippen molar-refractivity contribution in [2.24, 2.45) is 0 Å². The average Bonchev–Trinajstić information content (AvgIpc) is 2.48. The molecule has 21 heavy (non-hydrogen) atoms. The van der Waals surface area contributed by atoms with Gasteiger partial charge in [0.25, 0.3) is 0 Å². The third-order valence-electron chi connectivity index (χ3n) is 3.23. The number of hydrogen-bond donors (Lipinski definition) is 2. The molecule has 0 radical (unpaired) electrons. The summed E-state index contributed by atoms with van der Waals surface area (Å²) in [5.74, 6) is -6.73. The molecule has 5 nitrogen and oxygen atoms in total. The molecule has 1 aromatic carbocycles. The van der Waals surface area contributed by atoms with Crippen LogP contribution in [0.2, 0.25) is 0 Å². The van der Waals surface area contributed by atoms with Gasteiger partial charge in [-0.15, -0.1) is 0 Å². The zero-order valence-electron chi connectivity index (χ0n) is 10.9. The normalized spacial score (nSPS) is 15.9. The summed E-state index contributed by atoms with van der Waals surface area (Å²) in [6, 6.07) is 1.48. The second-order valence-electron chi connectivity index (χ2n) is 4.70. The number of piperidine rings is 1. The Labute approximate surface area is 118 Å². The van der Waals surface area contributed by atoms with Crippen molar-refractivity contribution in [1.82, 2.24) is 4.90 Å². The van der Waals surface area contributed by atoms with Crippen LogP contribution in [-0.2, 0) is 9.59 Å². The van der Waals surface area contributed by atoms with Gasteiger partial charge >= 0.3 is 11.8 Å². The van der Waals surface area contributed by atoms with Crippen LogP contribution >= 0.6 is 0 Å². The number of rotatable bonds is 1. The Bertz CT molecular complexity index is 572. The molecule has 2 rings (SSSR count). The molecule has 1 aliphatic heterocycles. The number of likely N-dealkylation sites (tertiary alicyclic amines) is 1. The number of aliphatic hydroxyl groups excluding tert-OH is 1. The minimum absolute atomic E-state index is 0.202. The molecule has 0 atom stereocenters. The van der Waals surface area contributed by atoms with Gasteiger partial charge < -0.3 is 15.3 Å². The summed E-state index contributed by atoms with van der Waals surface area (Å²) in [6.45, 7) is 0.404. The van der Waals surface area contributed by atoms with E-state index >= 15 is 0 Å². The van der Waals surface area contributed by atoms with Gasteiger partial charge in [-0.05, 0) is 25.0 Å². The summed E-state index contributed by atoms with van der Waals surface area (Å²) in [5, 5.41) is 11.2. The van der Waals surface area contributed by atoms with Crippen molar-refractivity contribution in [3.05, 3.63) is 29.6 Å². The fourth-order valence-electron chi connectivity index (χ4n) is 2.01. The molecule has 8 heteroatoms. The summed E-state index contributed by atoms with van der Waals surface area (Å²) in [7, 11) is 0. The molecule has 114 valence electrons. The lowest BCUT2D eigenvalue weighted by Crippen LogP contribution is -2.45. The number of carbonyl (C=O) groups is 2. The Morgan fingerprint density at radius 1 is 1.14 bits per heavy atom. The van der Waals surface area contributed by atoms with Crippen molar-refractivity contribution in [2.45, 2.75) is 18.9 Å². The Kier molecular flexibility index (Phi) is 4.46. The summed E-state index contributed by atoms with van der Waals surface area (Å²) in [6.07, 6.45) is 0.178. The maximum Gasteiger partial charge on any atom is 0.313 e. The van der Waals surface area contributed by atoms with Gasteiger partial charge in [-0.1, -0.05) is 0 Å². The monoisotopic (exact) mass is 302 g/mol. The van der Waals surface area contributed by atoms with E-state index in [1.54, 1.807) is 0 Å². The predicted octanol–water partition coefficient (Wildman–Crippen LogP) is 1.03. The third kappa shape index (κ3) is 3.33. The molecule has 2 amide bonds. The van der Waals surface area contributed by atoms with E-state index in [4.69, 9.17) is 0 Å². The lowest BCUT2D eigenvalue weighted by Gasteiger charge is -2.28. The first-order valence-electron chi connectivity index (χ1n) is 6.32. The van der Waals surface area contributed by atoms with E-state index < -0.39 is 41.1 Å². The topological polar surface area (TPSA) is 69.6 Å². The highest BCUT2D eigenvalue weighted by atomic mass is 19.2. The van der Waals surface area contributed by atoms with Gasteiger partial charge in [0.15, 0.2) is 17.5 Å². The van der Waals surface area contributed by atoms with Crippen LogP contribution in [0.5, 0.6) is 0 Å². The fourth-order valence-corrected chi connectivity index (χ4v) is 2.01. The molecule has 1 fully saturated rings. The van der Waals surface area contributed by atoms with E-state index in [9.17, 15) is 27.9 Å². The maximum atomic E-state index is 13.4. The van der Waals surface area contributed by atoms with E-state index in [2.05, 4.69) is 0 Å². The van der Waals surface area contributed by atoms with Gasteiger partial charge in [0.05, 0.1) is 11.8 Å². The number of anilines is 1. The standard InChI is InChI=1S/C13H13F3N2O3/c14-8-1-2-9(11(16)10(8)15)17-12(20)13(21)18-5-3-7(19)4-6-18/h1-2,7,19H,3-6H2,(H,17,20). The van der Waals surface area contributed by atoms with E-state index in [-0.39, 0.29) is 13.1 Å².